The summed E-state index contributed by atoms with van der Waals surface area (Å²) >= 11 is 12.2. The minimum atomic E-state index is -0.555. The van der Waals surface area contributed by atoms with E-state index in [0.717, 1.165) is 41.8 Å². The van der Waals surface area contributed by atoms with Crippen LogP contribution in [0.2, 0.25) is 10.0 Å². The Balaban J connectivity index is 1.36. The predicted molar refractivity (Wildman–Crippen MR) is 136 cm³/mol. The minimum Gasteiger partial charge on any atom is -0.385 e. The molecule has 1 unspecified atom stereocenters. The van der Waals surface area contributed by atoms with E-state index in [1.165, 1.54) is 5.69 Å². The maximum Gasteiger partial charge on any atom is 0.126 e. The molecule has 1 saturated heterocycles. The number of aliphatic hydroxyl groups is 1. The van der Waals surface area contributed by atoms with Crippen LogP contribution >= 0.6 is 23.2 Å². The number of aliphatic hydroxyl groups excluding tert-OH is 1. The Labute approximate surface area is 206 Å². The van der Waals surface area contributed by atoms with Crippen LogP contribution in [-0.2, 0) is 4.74 Å². The summed E-state index contributed by atoms with van der Waals surface area (Å²) in [5.74, 6) is 0. The zero-order valence-corrected chi connectivity index (χ0v) is 20.4. The molecule has 0 saturated carbocycles. The molecular weight excluding hydrogens is 455 g/mol. The lowest BCUT2D eigenvalue weighted by Gasteiger charge is -2.43. The molecule has 4 rings (SSSR count). The number of hydrogen-bond acceptors (Lipinski definition) is 3. The Morgan fingerprint density at radius 2 is 1.36 bits per heavy atom. The number of benzene rings is 3. The van der Waals surface area contributed by atoms with Crippen molar-refractivity contribution >= 4 is 28.9 Å². The second kappa shape index (κ2) is 10.9. The summed E-state index contributed by atoms with van der Waals surface area (Å²) < 4.78 is 7.11. The van der Waals surface area contributed by atoms with Crippen molar-refractivity contribution < 1.29 is 14.3 Å². The molecule has 1 aliphatic rings. The van der Waals surface area contributed by atoms with Gasteiger partial charge in [-0.15, -0.1) is 0 Å². The second-order valence-corrected chi connectivity index (χ2v) is 9.92. The van der Waals surface area contributed by atoms with Gasteiger partial charge in [0.1, 0.15) is 18.8 Å². The summed E-state index contributed by atoms with van der Waals surface area (Å²) in [5, 5.41) is 12.2. The minimum absolute atomic E-state index is 0.256. The Hall–Kier alpha value is -2.08. The van der Waals surface area contributed by atoms with Crippen molar-refractivity contribution in [2.24, 2.45) is 0 Å². The van der Waals surface area contributed by atoms with Crippen molar-refractivity contribution in [3.05, 3.63) is 100 Å². The second-order valence-electron chi connectivity index (χ2n) is 9.04. The molecule has 1 heterocycles. The van der Waals surface area contributed by atoms with Crippen LogP contribution in [0.4, 0.5) is 5.69 Å². The van der Waals surface area contributed by atoms with Gasteiger partial charge in [0.2, 0.25) is 0 Å². The van der Waals surface area contributed by atoms with Gasteiger partial charge in [0, 0.05) is 15.7 Å². The van der Waals surface area contributed by atoms with Crippen molar-refractivity contribution in [2.45, 2.75) is 12.2 Å². The first-order valence-electron chi connectivity index (χ1n) is 11.4. The smallest absolute Gasteiger partial charge is 0.126 e. The zero-order chi connectivity index (χ0) is 23.3. The maximum absolute atomic E-state index is 10.9. The number of nitrogens with zero attached hydrogens (tertiary/aromatic N) is 2. The first kappa shape index (κ1) is 24.1. The first-order chi connectivity index (χ1) is 15.9. The zero-order valence-electron chi connectivity index (χ0n) is 18.9. The molecule has 3 aromatic carbocycles. The molecule has 0 spiro atoms. The van der Waals surface area contributed by atoms with E-state index in [-0.39, 0.29) is 12.7 Å². The highest BCUT2D eigenvalue weighted by Gasteiger charge is 2.31. The molecule has 1 N–H and O–H groups in total. The lowest BCUT2D eigenvalue weighted by Crippen LogP contribution is -2.60. The number of hydrogen-bond donors (Lipinski definition) is 1. The van der Waals surface area contributed by atoms with Crippen LogP contribution < -0.4 is 4.90 Å². The average Bonchev–Trinajstić information content (AvgIpc) is 2.82. The van der Waals surface area contributed by atoms with Crippen LogP contribution in [0, 0.1) is 0 Å². The van der Waals surface area contributed by atoms with Crippen molar-refractivity contribution in [3.8, 4) is 0 Å². The highest BCUT2D eigenvalue weighted by Crippen LogP contribution is 2.29. The number of ether oxygens (including phenoxy) is 1. The molecule has 3 aromatic rings. The molecule has 0 aliphatic carbocycles. The van der Waals surface area contributed by atoms with E-state index in [2.05, 4.69) is 36.2 Å². The normalized spacial score (nSPS) is 16.7. The van der Waals surface area contributed by atoms with E-state index in [1.807, 2.05) is 54.6 Å². The van der Waals surface area contributed by atoms with Crippen LogP contribution in [0.1, 0.15) is 17.2 Å². The number of rotatable bonds is 8. The molecule has 1 aliphatic heterocycles. The summed E-state index contributed by atoms with van der Waals surface area (Å²) in [6.45, 7) is 4.86. The maximum atomic E-state index is 10.9. The number of halogens is 2. The standard InChI is InChI=1S/C27H31Cl2N2O2/c1-31(17-15-30(16-18-31)25-5-3-2-4-6-25)19-26(32)20-33-27(21-7-11-23(28)12-8-21)22-9-13-24(29)14-10-22/h2-14,26-27,32H,15-20H2,1H3/q+1. The molecular formula is C27H31Cl2N2O2+. The largest absolute Gasteiger partial charge is 0.385 e. The third kappa shape index (κ3) is 6.50. The third-order valence-corrected chi connectivity index (χ3v) is 6.90. The summed E-state index contributed by atoms with van der Waals surface area (Å²) in [7, 11) is 2.22. The fraction of sp³-hybridized carbons (Fsp3) is 0.333. The van der Waals surface area contributed by atoms with Gasteiger partial charge in [-0.3, -0.25) is 0 Å². The van der Waals surface area contributed by atoms with Gasteiger partial charge in [0.05, 0.1) is 39.8 Å². The molecule has 0 aromatic heterocycles. The summed E-state index contributed by atoms with van der Waals surface area (Å²) in [4.78, 5) is 2.42. The van der Waals surface area contributed by atoms with E-state index in [0.29, 0.717) is 16.6 Å². The lowest BCUT2D eigenvalue weighted by molar-refractivity contribution is -0.913. The van der Waals surface area contributed by atoms with Crippen LogP contribution in [0.5, 0.6) is 0 Å². The molecule has 0 radical (unpaired) electrons. The number of piperazine rings is 1. The van der Waals surface area contributed by atoms with Gasteiger partial charge in [0.25, 0.3) is 0 Å². The topological polar surface area (TPSA) is 32.7 Å². The quantitative estimate of drug-likeness (QED) is 0.432. The SMILES string of the molecule is C[N+]1(CC(O)COC(c2ccc(Cl)cc2)c2ccc(Cl)cc2)CCN(c2ccccc2)CC1. The predicted octanol–water partition coefficient (Wildman–Crippen LogP) is 5.43. The monoisotopic (exact) mass is 485 g/mol. The number of anilines is 1. The van der Waals surface area contributed by atoms with Gasteiger partial charge in [-0.1, -0.05) is 65.7 Å². The van der Waals surface area contributed by atoms with Crippen LogP contribution in [-0.4, -0.2) is 62.1 Å². The van der Waals surface area contributed by atoms with Crippen LogP contribution in [0.3, 0.4) is 0 Å². The lowest BCUT2D eigenvalue weighted by atomic mass is 10.0. The number of para-hydroxylation sites is 1. The van der Waals surface area contributed by atoms with Gasteiger partial charge in [-0.2, -0.15) is 0 Å². The van der Waals surface area contributed by atoms with Gasteiger partial charge in [0.15, 0.2) is 0 Å². The van der Waals surface area contributed by atoms with Gasteiger partial charge < -0.3 is 19.2 Å². The molecule has 1 atom stereocenters. The van der Waals surface area contributed by atoms with Crippen LogP contribution in [0.15, 0.2) is 78.9 Å². The molecule has 0 amide bonds. The van der Waals surface area contributed by atoms with Crippen molar-refractivity contribution in [2.75, 3.05) is 51.3 Å². The van der Waals surface area contributed by atoms with Gasteiger partial charge in [-0.05, 0) is 47.5 Å². The van der Waals surface area contributed by atoms with Gasteiger partial charge >= 0.3 is 0 Å². The molecule has 4 nitrogen and oxygen atoms in total. The van der Waals surface area contributed by atoms with E-state index < -0.39 is 6.10 Å². The summed E-state index contributed by atoms with van der Waals surface area (Å²) in [6.07, 6.45) is -0.852. The highest BCUT2D eigenvalue weighted by molar-refractivity contribution is 6.30. The molecule has 174 valence electrons. The summed E-state index contributed by atoms with van der Waals surface area (Å²) in [5.41, 5.74) is 3.25. The Bertz CT molecular complexity index is 959. The highest BCUT2D eigenvalue weighted by atomic mass is 35.5. The molecule has 33 heavy (non-hydrogen) atoms. The fourth-order valence-electron chi connectivity index (χ4n) is 4.46. The van der Waals surface area contributed by atoms with Crippen molar-refractivity contribution in [3.63, 3.8) is 0 Å². The van der Waals surface area contributed by atoms with E-state index >= 15 is 0 Å². The van der Waals surface area contributed by atoms with Crippen LogP contribution in [0.25, 0.3) is 0 Å². The van der Waals surface area contributed by atoms with E-state index in [1.54, 1.807) is 0 Å². The third-order valence-electron chi connectivity index (χ3n) is 6.39. The average molecular weight is 486 g/mol. The Kier molecular flexibility index (Phi) is 7.94. The first-order valence-corrected chi connectivity index (χ1v) is 12.1. The molecule has 0 bridgehead atoms. The number of quaternary nitrogens is 1. The van der Waals surface area contributed by atoms with Gasteiger partial charge in [-0.25, -0.2) is 0 Å². The van der Waals surface area contributed by atoms with Crippen molar-refractivity contribution in [1.29, 1.82) is 0 Å². The Morgan fingerprint density at radius 1 is 0.848 bits per heavy atom. The molecule has 1 fully saturated rings. The number of likely N-dealkylation sites (N-methyl/N-ethyl adjacent to an activating group) is 1. The Morgan fingerprint density at radius 3 is 1.88 bits per heavy atom. The molecule has 6 heteroatoms. The van der Waals surface area contributed by atoms with E-state index in [9.17, 15) is 5.11 Å². The fourth-order valence-corrected chi connectivity index (χ4v) is 4.71. The van der Waals surface area contributed by atoms with E-state index in [4.69, 9.17) is 27.9 Å². The van der Waals surface area contributed by atoms with Crippen molar-refractivity contribution in [1.82, 2.24) is 0 Å². The summed E-state index contributed by atoms with van der Waals surface area (Å²) in [6, 6.07) is 25.8.